The first-order chi connectivity index (χ1) is 13.2. The van der Waals surface area contributed by atoms with Crippen LogP contribution in [0.1, 0.15) is 29.1 Å². The Hall–Kier alpha value is -3.67. The first-order valence-corrected chi connectivity index (χ1v) is 8.65. The molecule has 4 rings (SSSR count). The minimum absolute atomic E-state index is 0.235. The number of hydrogen-bond acceptors (Lipinski definition) is 4. The number of aromatic nitrogens is 3. The van der Waals surface area contributed by atoms with Crippen molar-refractivity contribution in [2.24, 2.45) is 0 Å². The molecular formula is C21H18N4O2. The molecule has 6 nitrogen and oxygen atoms in total. The van der Waals surface area contributed by atoms with Gasteiger partial charge in [0, 0.05) is 6.20 Å². The largest absolute Gasteiger partial charge is 0.457 e. The quantitative estimate of drug-likeness (QED) is 0.585. The van der Waals surface area contributed by atoms with Gasteiger partial charge in [0.25, 0.3) is 5.91 Å². The fourth-order valence-corrected chi connectivity index (χ4v) is 2.85. The molecule has 2 aromatic heterocycles. The summed E-state index contributed by atoms with van der Waals surface area (Å²) in [6.07, 6.45) is 1.87. The van der Waals surface area contributed by atoms with E-state index in [1.54, 1.807) is 12.1 Å². The van der Waals surface area contributed by atoms with Crippen LogP contribution in [0.25, 0.3) is 5.65 Å². The van der Waals surface area contributed by atoms with Crippen LogP contribution in [0.3, 0.4) is 0 Å². The van der Waals surface area contributed by atoms with Crippen molar-refractivity contribution < 1.29 is 9.53 Å². The average molecular weight is 358 g/mol. The zero-order valence-electron chi connectivity index (χ0n) is 14.7. The van der Waals surface area contributed by atoms with E-state index in [1.165, 1.54) is 0 Å². The van der Waals surface area contributed by atoms with Crippen molar-refractivity contribution >= 4 is 11.6 Å². The number of amides is 1. The van der Waals surface area contributed by atoms with Gasteiger partial charge in [0.1, 0.15) is 11.5 Å². The lowest BCUT2D eigenvalue weighted by molar-refractivity contribution is 0.0936. The second-order valence-corrected chi connectivity index (χ2v) is 6.09. The molecule has 0 spiro atoms. The highest BCUT2D eigenvalue weighted by Crippen LogP contribution is 2.25. The number of hydrogen-bond donors (Lipinski definition) is 1. The van der Waals surface area contributed by atoms with Crippen LogP contribution >= 0.6 is 0 Å². The van der Waals surface area contributed by atoms with Gasteiger partial charge < -0.3 is 10.1 Å². The van der Waals surface area contributed by atoms with E-state index in [1.807, 2.05) is 78.2 Å². The van der Waals surface area contributed by atoms with Gasteiger partial charge in [-0.15, -0.1) is 10.2 Å². The Bertz CT molecular complexity index is 1080. The molecule has 0 fully saturated rings. The summed E-state index contributed by atoms with van der Waals surface area (Å²) >= 11 is 0. The molecule has 6 heteroatoms. The Labute approximate surface area is 156 Å². The number of rotatable bonds is 5. The Morgan fingerprint density at radius 3 is 2.56 bits per heavy atom. The topological polar surface area (TPSA) is 68.5 Å². The van der Waals surface area contributed by atoms with Gasteiger partial charge in [0.2, 0.25) is 0 Å². The predicted octanol–water partition coefficient (Wildman–Crippen LogP) is 4.01. The van der Waals surface area contributed by atoms with Crippen molar-refractivity contribution in [3.63, 3.8) is 0 Å². The summed E-state index contributed by atoms with van der Waals surface area (Å²) in [4.78, 5) is 12.8. The van der Waals surface area contributed by atoms with Crippen LogP contribution in [0.4, 0.5) is 0 Å². The molecular weight excluding hydrogens is 340 g/mol. The second-order valence-electron chi connectivity index (χ2n) is 6.09. The van der Waals surface area contributed by atoms with Crippen LogP contribution in [-0.4, -0.2) is 20.5 Å². The third-order valence-electron chi connectivity index (χ3n) is 4.18. The fourth-order valence-electron chi connectivity index (χ4n) is 2.85. The summed E-state index contributed by atoms with van der Waals surface area (Å²) in [5, 5.41) is 11.3. The molecule has 2 heterocycles. The summed E-state index contributed by atoms with van der Waals surface area (Å²) in [6.45, 7) is 1.88. The molecule has 0 saturated carbocycles. The van der Waals surface area contributed by atoms with Gasteiger partial charge in [-0.3, -0.25) is 9.20 Å². The van der Waals surface area contributed by atoms with E-state index < -0.39 is 0 Å². The number of nitrogens with zero attached hydrogens (tertiary/aromatic N) is 3. The average Bonchev–Trinajstić information content (AvgIpc) is 3.13. The smallest absolute Gasteiger partial charge is 0.255 e. The molecule has 4 aromatic rings. The monoisotopic (exact) mass is 358 g/mol. The van der Waals surface area contributed by atoms with Crippen molar-refractivity contribution in [3.8, 4) is 11.5 Å². The number of benzene rings is 2. The molecule has 1 unspecified atom stereocenters. The number of ether oxygens (including phenoxy) is 1. The molecule has 134 valence electrons. The Morgan fingerprint density at radius 1 is 0.963 bits per heavy atom. The van der Waals surface area contributed by atoms with Crippen LogP contribution < -0.4 is 10.1 Å². The number of fused-ring (bicyclic) bond motifs is 1. The molecule has 0 bridgehead atoms. The highest BCUT2D eigenvalue weighted by atomic mass is 16.5. The minimum atomic E-state index is -0.320. The van der Waals surface area contributed by atoms with Crippen molar-refractivity contribution in [2.45, 2.75) is 13.0 Å². The summed E-state index contributed by atoms with van der Waals surface area (Å²) in [7, 11) is 0. The van der Waals surface area contributed by atoms with Gasteiger partial charge >= 0.3 is 0 Å². The van der Waals surface area contributed by atoms with E-state index in [0.29, 0.717) is 22.9 Å². The summed E-state index contributed by atoms with van der Waals surface area (Å²) in [5.74, 6) is 1.61. The molecule has 0 aliphatic heterocycles. The number of nitrogens with one attached hydrogen (secondary N) is 1. The van der Waals surface area contributed by atoms with Crippen molar-refractivity contribution in [2.75, 3.05) is 0 Å². The molecule has 1 atom stereocenters. The molecule has 1 N–H and O–H groups in total. The van der Waals surface area contributed by atoms with E-state index in [9.17, 15) is 4.79 Å². The maximum atomic E-state index is 12.8. The van der Waals surface area contributed by atoms with E-state index in [0.717, 1.165) is 5.65 Å². The molecule has 0 aliphatic rings. The number of carbonyl (C=O) groups excluding carboxylic acids is 1. The fraction of sp³-hybridized carbons (Fsp3) is 0.0952. The number of para-hydroxylation sites is 2. The summed E-state index contributed by atoms with van der Waals surface area (Å²) < 4.78 is 7.74. The maximum absolute atomic E-state index is 12.8. The van der Waals surface area contributed by atoms with Gasteiger partial charge in [-0.1, -0.05) is 36.4 Å². The lowest BCUT2D eigenvalue weighted by atomic mass is 10.1. The number of carbonyl (C=O) groups is 1. The van der Waals surface area contributed by atoms with Crippen molar-refractivity contribution in [1.82, 2.24) is 19.9 Å². The Balaban J connectivity index is 1.56. The molecule has 2 aromatic carbocycles. The lowest BCUT2D eigenvalue weighted by Gasteiger charge is -2.15. The zero-order valence-corrected chi connectivity index (χ0v) is 14.7. The summed E-state index contributed by atoms with van der Waals surface area (Å²) in [5.41, 5.74) is 1.20. The lowest BCUT2D eigenvalue weighted by Crippen LogP contribution is -2.28. The molecule has 1 amide bonds. The van der Waals surface area contributed by atoms with Crippen molar-refractivity contribution in [1.29, 1.82) is 0 Å². The van der Waals surface area contributed by atoms with E-state index in [4.69, 9.17) is 4.74 Å². The standard InChI is InChI=1S/C21H18N4O2/c1-15(20-24-23-19-13-7-8-14-25(19)20)22-21(26)17-11-5-6-12-18(17)27-16-9-3-2-4-10-16/h2-15H,1H3,(H,22,26). The van der Waals surface area contributed by atoms with Crippen molar-refractivity contribution in [3.05, 3.63) is 90.4 Å². The van der Waals surface area contributed by atoms with Crippen LogP contribution in [-0.2, 0) is 0 Å². The van der Waals surface area contributed by atoms with Crippen LogP contribution in [0.5, 0.6) is 11.5 Å². The third-order valence-corrected chi connectivity index (χ3v) is 4.18. The van der Waals surface area contributed by atoms with Crippen LogP contribution in [0.2, 0.25) is 0 Å². The van der Waals surface area contributed by atoms with E-state index in [2.05, 4.69) is 15.5 Å². The van der Waals surface area contributed by atoms with Gasteiger partial charge in [0.05, 0.1) is 11.6 Å². The summed E-state index contributed by atoms with van der Waals surface area (Å²) in [6, 6.07) is 21.9. The van der Waals surface area contributed by atoms with Crippen LogP contribution in [0, 0.1) is 0 Å². The van der Waals surface area contributed by atoms with E-state index in [-0.39, 0.29) is 11.9 Å². The minimum Gasteiger partial charge on any atom is -0.457 e. The highest BCUT2D eigenvalue weighted by molar-refractivity contribution is 5.97. The molecule has 0 aliphatic carbocycles. The SMILES string of the molecule is CC(NC(=O)c1ccccc1Oc1ccccc1)c1nnc2ccccn12. The van der Waals surface area contributed by atoms with Gasteiger partial charge in [-0.25, -0.2) is 0 Å². The first-order valence-electron chi connectivity index (χ1n) is 8.65. The third kappa shape index (κ3) is 3.50. The van der Waals surface area contributed by atoms with Crippen LogP contribution in [0.15, 0.2) is 79.0 Å². The Morgan fingerprint density at radius 2 is 1.70 bits per heavy atom. The van der Waals surface area contributed by atoms with Gasteiger partial charge in [0.15, 0.2) is 11.5 Å². The van der Waals surface area contributed by atoms with E-state index >= 15 is 0 Å². The normalized spacial score (nSPS) is 11.9. The molecule has 27 heavy (non-hydrogen) atoms. The highest BCUT2D eigenvalue weighted by Gasteiger charge is 2.19. The molecule has 0 radical (unpaired) electrons. The predicted molar refractivity (Wildman–Crippen MR) is 102 cm³/mol. The zero-order chi connectivity index (χ0) is 18.6. The van der Waals surface area contributed by atoms with Gasteiger partial charge in [-0.05, 0) is 43.3 Å². The second kappa shape index (κ2) is 7.29. The number of pyridine rings is 1. The Kier molecular flexibility index (Phi) is 4.53. The first kappa shape index (κ1) is 16.8. The van der Waals surface area contributed by atoms with Gasteiger partial charge in [-0.2, -0.15) is 0 Å². The molecule has 0 saturated heterocycles. The maximum Gasteiger partial charge on any atom is 0.255 e.